The van der Waals surface area contributed by atoms with Crippen molar-refractivity contribution in [3.05, 3.63) is 32.9 Å². The van der Waals surface area contributed by atoms with Crippen molar-refractivity contribution in [3.8, 4) is 0 Å². The van der Waals surface area contributed by atoms with Crippen LogP contribution in [0.1, 0.15) is 25.7 Å². The summed E-state index contributed by atoms with van der Waals surface area (Å²) in [5, 5.41) is 9.04. The van der Waals surface area contributed by atoms with E-state index in [1.165, 1.54) is 4.57 Å². The molecule has 2 heterocycles. The van der Waals surface area contributed by atoms with Crippen molar-refractivity contribution in [2.45, 2.75) is 38.3 Å². The van der Waals surface area contributed by atoms with Crippen LogP contribution in [0.2, 0.25) is 5.02 Å². The molecule has 150 valence electrons. The maximum Gasteiger partial charge on any atom is 0.308 e. The van der Waals surface area contributed by atoms with Gasteiger partial charge in [0.25, 0.3) is 0 Å². The van der Waals surface area contributed by atoms with Crippen molar-refractivity contribution >= 4 is 51.0 Å². The molecule has 1 aromatic carbocycles. The Morgan fingerprint density at radius 2 is 2.07 bits per heavy atom. The Bertz CT molecular complexity index is 969. The molecule has 2 aromatic rings. The number of carbonyl (C=O) groups is 3. The quantitative estimate of drug-likeness (QED) is 0.709. The van der Waals surface area contributed by atoms with E-state index in [2.05, 4.69) is 0 Å². The molecule has 0 spiro atoms. The lowest BCUT2D eigenvalue weighted by Gasteiger charge is -2.32. The molecule has 1 unspecified atom stereocenters. The number of carbonyl (C=O) groups excluding carboxylic acids is 2. The number of ether oxygens (including phenoxy) is 1. The van der Waals surface area contributed by atoms with Crippen molar-refractivity contribution in [1.29, 1.82) is 0 Å². The number of esters is 1. The van der Waals surface area contributed by atoms with Gasteiger partial charge in [0, 0.05) is 6.54 Å². The number of aliphatic carboxylic acids is 1. The second-order valence-electron chi connectivity index (χ2n) is 6.53. The van der Waals surface area contributed by atoms with E-state index >= 15 is 0 Å². The van der Waals surface area contributed by atoms with Crippen LogP contribution in [-0.4, -0.2) is 51.6 Å². The number of aromatic nitrogens is 1. The van der Waals surface area contributed by atoms with Gasteiger partial charge >= 0.3 is 16.8 Å². The molecule has 1 amide bonds. The van der Waals surface area contributed by atoms with Gasteiger partial charge in [0.1, 0.15) is 12.6 Å². The minimum atomic E-state index is -1.07. The molecule has 1 saturated heterocycles. The fourth-order valence-electron chi connectivity index (χ4n) is 3.17. The van der Waals surface area contributed by atoms with Crippen LogP contribution in [0.15, 0.2) is 23.0 Å². The number of piperidine rings is 1. The number of thiazole rings is 1. The smallest absolute Gasteiger partial charge is 0.308 e. The highest BCUT2D eigenvalue weighted by Crippen LogP contribution is 2.25. The number of hydrogen-bond donors (Lipinski definition) is 1. The molecule has 1 aromatic heterocycles. The number of carboxylic acid groups (broad SMARTS) is 1. The second-order valence-corrected chi connectivity index (χ2v) is 7.93. The first-order valence-electron chi connectivity index (χ1n) is 8.82. The maximum atomic E-state index is 12.7. The maximum absolute atomic E-state index is 12.7. The Morgan fingerprint density at radius 3 is 2.82 bits per heavy atom. The zero-order valence-electron chi connectivity index (χ0n) is 14.9. The van der Waals surface area contributed by atoms with E-state index in [-0.39, 0.29) is 36.7 Å². The number of nitrogens with zero attached hydrogens (tertiary/aromatic N) is 2. The number of carboxylic acids is 1. The Hall–Kier alpha value is -2.39. The fraction of sp³-hybridized carbons (Fsp3) is 0.444. The van der Waals surface area contributed by atoms with E-state index < -0.39 is 18.0 Å². The predicted octanol–water partition coefficient (Wildman–Crippen LogP) is 2.12. The highest BCUT2D eigenvalue weighted by Gasteiger charge is 2.27. The molecule has 1 atom stereocenters. The third-order valence-electron chi connectivity index (χ3n) is 4.50. The normalized spacial score (nSPS) is 16.9. The first kappa shape index (κ1) is 20.3. The fourth-order valence-corrected chi connectivity index (χ4v) is 4.42. The molecule has 1 aliphatic heterocycles. The minimum Gasteiger partial charge on any atom is -0.481 e. The van der Waals surface area contributed by atoms with Gasteiger partial charge in [-0.15, -0.1) is 0 Å². The van der Waals surface area contributed by atoms with Crippen LogP contribution in [0, 0.1) is 0 Å². The van der Waals surface area contributed by atoms with Crippen molar-refractivity contribution in [2.24, 2.45) is 0 Å². The summed E-state index contributed by atoms with van der Waals surface area (Å²) in [6.45, 7) is 0.594. The summed E-state index contributed by atoms with van der Waals surface area (Å²) in [7, 11) is 0. The number of rotatable bonds is 6. The number of fused-ring (bicyclic) bond motifs is 1. The number of likely N-dealkylation sites (tertiary alicyclic amines) is 1. The zero-order valence-corrected chi connectivity index (χ0v) is 16.5. The molecular weight excluding hydrogens is 408 g/mol. The van der Waals surface area contributed by atoms with Crippen LogP contribution in [0.25, 0.3) is 10.2 Å². The predicted molar refractivity (Wildman–Crippen MR) is 104 cm³/mol. The van der Waals surface area contributed by atoms with Crippen molar-refractivity contribution in [1.82, 2.24) is 9.47 Å². The average molecular weight is 427 g/mol. The molecule has 0 saturated carbocycles. The number of amides is 1. The molecule has 10 heteroatoms. The summed E-state index contributed by atoms with van der Waals surface area (Å²) in [4.78, 5) is 48.6. The third kappa shape index (κ3) is 4.71. The molecule has 28 heavy (non-hydrogen) atoms. The van der Waals surface area contributed by atoms with Crippen LogP contribution in [0.5, 0.6) is 0 Å². The van der Waals surface area contributed by atoms with Crippen molar-refractivity contribution in [3.63, 3.8) is 0 Å². The lowest BCUT2D eigenvalue weighted by Crippen LogP contribution is -2.45. The summed E-state index contributed by atoms with van der Waals surface area (Å²) < 4.78 is 7.37. The molecule has 0 radical (unpaired) electrons. The van der Waals surface area contributed by atoms with Crippen LogP contribution in [0.4, 0.5) is 0 Å². The third-order valence-corrected chi connectivity index (χ3v) is 5.75. The van der Waals surface area contributed by atoms with Crippen LogP contribution in [0.3, 0.4) is 0 Å². The molecule has 0 bridgehead atoms. The average Bonchev–Trinajstić information content (AvgIpc) is 2.97. The zero-order chi connectivity index (χ0) is 20.3. The topological polar surface area (TPSA) is 106 Å². The SMILES string of the molecule is O=C(O)CCC(=O)OC1CCCN(C(=O)Cn2c(=O)sc3cccc(Cl)c32)C1. The van der Waals surface area contributed by atoms with Gasteiger partial charge in [0.05, 0.1) is 34.6 Å². The molecular formula is C18H19ClN2O6S. The summed E-state index contributed by atoms with van der Waals surface area (Å²) in [5.74, 6) is -1.91. The van der Waals surface area contributed by atoms with Gasteiger partial charge in [-0.05, 0) is 25.0 Å². The number of para-hydroxylation sites is 1. The van der Waals surface area contributed by atoms with E-state index in [9.17, 15) is 19.2 Å². The van der Waals surface area contributed by atoms with Gasteiger partial charge in [-0.3, -0.25) is 23.7 Å². The standard InChI is InChI=1S/C18H19ClN2O6S/c19-12-4-1-5-13-17(12)21(18(26)28-13)10-14(22)20-8-2-3-11(9-20)27-16(25)7-6-15(23)24/h1,4-5,11H,2-3,6-10H2,(H,23,24). The summed E-state index contributed by atoms with van der Waals surface area (Å²) >= 11 is 7.23. The Morgan fingerprint density at radius 1 is 1.29 bits per heavy atom. The second kappa shape index (κ2) is 8.74. The van der Waals surface area contributed by atoms with Gasteiger partial charge in [0.2, 0.25) is 5.91 Å². The number of hydrogen-bond acceptors (Lipinski definition) is 6. The highest BCUT2D eigenvalue weighted by atomic mass is 35.5. The van der Waals surface area contributed by atoms with Crippen LogP contribution < -0.4 is 4.87 Å². The van der Waals surface area contributed by atoms with Crippen LogP contribution >= 0.6 is 22.9 Å². The van der Waals surface area contributed by atoms with Gasteiger partial charge in [-0.25, -0.2) is 0 Å². The lowest BCUT2D eigenvalue weighted by molar-refractivity contribution is -0.156. The van der Waals surface area contributed by atoms with Gasteiger partial charge in [-0.2, -0.15) is 0 Å². The highest BCUT2D eigenvalue weighted by molar-refractivity contribution is 7.16. The van der Waals surface area contributed by atoms with E-state index in [0.29, 0.717) is 34.6 Å². The summed E-state index contributed by atoms with van der Waals surface area (Å²) in [5.41, 5.74) is 0.543. The number of halogens is 1. The first-order valence-corrected chi connectivity index (χ1v) is 10.0. The van der Waals surface area contributed by atoms with Gasteiger partial charge in [-0.1, -0.05) is 29.0 Å². The Balaban J connectivity index is 1.65. The van der Waals surface area contributed by atoms with Crippen LogP contribution in [-0.2, 0) is 25.7 Å². The molecule has 1 N–H and O–H groups in total. The first-order chi connectivity index (χ1) is 13.3. The molecule has 3 rings (SSSR count). The van der Waals surface area contributed by atoms with Crippen molar-refractivity contribution < 1.29 is 24.2 Å². The Labute approximate surface area is 169 Å². The molecule has 1 aliphatic rings. The minimum absolute atomic E-state index is 0.137. The molecule has 0 aliphatic carbocycles. The van der Waals surface area contributed by atoms with E-state index in [1.807, 2.05) is 0 Å². The largest absolute Gasteiger partial charge is 0.481 e. The lowest BCUT2D eigenvalue weighted by atomic mass is 10.1. The van der Waals surface area contributed by atoms with Gasteiger partial charge < -0.3 is 14.7 Å². The van der Waals surface area contributed by atoms with E-state index in [4.69, 9.17) is 21.4 Å². The van der Waals surface area contributed by atoms with Gasteiger partial charge in [0.15, 0.2) is 0 Å². The number of benzene rings is 1. The van der Waals surface area contributed by atoms with Crippen molar-refractivity contribution in [2.75, 3.05) is 13.1 Å². The summed E-state index contributed by atoms with van der Waals surface area (Å²) in [6, 6.07) is 5.20. The molecule has 1 fully saturated rings. The Kier molecular flexibility index (Phi) is 6.35. The summed E-state index contributed by atoms with van der Waals surface area (Å²) in [6.07, 6.45) is 0.300. The van der Waals surface area contributed by atoms with E-state index in [0.717, 1.165) is 11.3 Å². The van der Waals surface area contributed by atoms with E-state index in [1.54, 1.807) is 23.1 Å². The molecule has 8 nitrogen and oxygen atoms in total. The monoisotopic (exact) mass is 426 g/mol.